The monoisotopic (exact) mass is 174 g/mol. The van der Waals surface area contributed by atoms with E-state index < -0.39 is 5.97 Å². The zero-order chi connectivity index (χ0) is 9.00. The molecule has 0 aromatic carbocycles. The molecule has 0 heterocycles. The molecule has 0 aromatic rings. The van der Waals surface area contributed by atoms with Gasteiger partial charge >= 0.3 is 5.97 Å². The molecule has 0 bridgehead atoms. The molecule has 1 N–H and O–H groups in total. The lowest BCUT2D eigenvalue weighted by Crippen LogP contribution is -2.04. The summed E-state index contributed by atoms with van der Waals surface area (Å²) in [5.74, 6) is -0.222. The van der Waals surface area contributed by atoms with E-state index in [1.54, 1.807) is 0 Å². The van der Waals surface area contributed by atoms with Crippen LogP contribution in [0, 0.1) is 5.92 Å². The summed E-state index contributed by atoms with van der Waals surface area (Å²) in [6.45, 7) is 0. The minimum Gasteiger partial charge on any atom is -0.478 e. The lowest BCUT2D eigenvalue weighted by molar-refractivity contribution is -0.132. The van der Waals surface area contributed by atoms with Crippen molar-refractivity contribution >= 4 is 5.97 Å². The summed E-state index contributed by atoms with van der Waals surface area (Å²) in [6, 6.07) is 0. The van der Waals surface area contributed by atoms with Gasteiger partial charge in [-0.25, -0.2) is 4.79 Å². The Labute approximate surface area is 76.3 Å². The molecule has 2 nitrogen and oxygen atoms in total. The van der Waals surface area contributed by atoms with Crippen LogP contribution in [0.4, 0.5) is 0 Å². The molecule has 0 spiro atoms. The van der Waals surface area contributed by atoms with Gasteiger partial charge in [0.05, 0.1) is 5.57 Å². The summed E-state index contributed by atoms with van der Waals surface area (Å²) in [4.78, 5) is 11.0. The van der Waals surface area contributed by atoms with Crippen LogP contribution >= 0.6 is 0 Å². The zero-order valence-electron chi connectivity index (χ0n) is 7.21. The molecule has 0 aliphatic heterocycles. The van der Waals surface area contributed by atoms with Gasteiger partial charge in [0.25, 0.3) is 0 Å². The number of fused-ring (bicyclic) bond motifs is 2. The largest absolute Gasteiger partial charge is 0.478 e. The average Bonchev–Trinajstić information content (AvgIpc) is 2.81. The number of aliphatic carboxylic acids is 1. The molecule has 1 unspecified atom stereocenters. The zero-order valence-corrected chi connectivity index (χ0v) is 7.21. The van der Waals surface area contributed by atoms with Crippen LogP contribution in [0.5, 0.6) is 0 Å². The maximum atomic E-state index is 11.0. The van der Waals surface area contributed by atoms with Gasteiger partial charge in [0, 0.05) is 5.92 Å². The molecule has 0 radical (unpaired) electrons. The molecule has 66 valence electrons. The fraction of sp³-hybridized carbons (Fsp3) is 0.364. The second-order valence-corrected chi connectivity index (χ2v) is 3.84. The predicted octanol–water partition coefficient (Wildman–Crippen LogP) is 2.05. The van der Waals surface area contributed by atoms with Gasteiger partial charge in [-0.05, 0) is 30.4 Å². The molecule has 0 amide bonds. The Morgan fingerprint density at radius 1 is 1.46 bits per heavy atom. The van der Waals surface area contributed by atoms with Gasteiger partial charge in [0.15, 0.2) is 0 Å². The number of hydrogen-bond donors (Lipinski definition) is 1. The van der Waals surface area contributed by atoms with Gasteiger partial charge in [-0.1, -0.05) is 17.7 Å². The highest BCUT2D eigenvalue weighted by Gasteiger charge is 2.45. The minimum atomic E-state index is -0.742. The molecule has 1 atom stereocenters. The van der Waals surface area contributed by atoms with Crippen LogP contribution < -0.4 is 0 Å². The van der Waals surface area contributed by atoms with E-state index in [2.05, 4.69) is 6.08 Å². The van der Waals surface area contributed by atoms with Crippen LogP contribution in [0.2, 0.25) is 0 Å². The van der Waals surface area contributed by atoms with Crippen LogP contribution in [0.25, 0.3) is 0 Å². The maximum absolute atomic E-state index is 11.0. The number of carbonyl (C=O) groups is 1. The Hall–Kier alpha value is -1.31. The van der Waals surface area contributed by atoms with Gasteiger partial charge in [-0.15, -0.1) is 0 Å². The number of allylic oxidation sites excluding steroid dienone is 4. The molecule has 3 aliphatic rings. The Morgan fingerprint density at radius 2 is 2.31 bits per heavy atom. The summed E-state index contributed by atoms with van der Waals surface area (Å²) in [7, 11) is 0. The van der Waals surface area contributed by atoms with Crippen LogP contribution in [0.1, 0.15) is 19.3 Å². The third kappa shape index (κ3) is 0.804. The van der Waals surface area contributed by atoms with Crippen LogP contribution in [-0.2, 0) is 4.79 Å². The number of hydrogen-bond acceptors (Lipinski definition) is 1. The van der Waals surface area contributed by atoms with Crippen molar-refractivity contribution in [1.82, 2.24) is 0 Å². The summed E-state index contributed by atoms with van der Waals surface area (Å²) in [6.07, 6.45) is 7.22. The molecule has 0 saturated heterocycles. The number of carboxylic acids is 1. The van der Waals surface area contributed by atoms with Crippen LogP contribution in [0.15, 0.2) is 34.4 Å². The van der Waals surface area contributed by atoms with Crippen molar-refractivity contribution in [2.45, 2.75) is 19.3 Å². The van der Waals surface area contributed by atoms with Crippen LogP contribution in [-0.4, -0.2) is 11.1 Å². The van der Waals surface area contributed by atoms with E-state index in [9.17, 15) is 4.79 Å². The van der Waals surface area contributed by atoms with Crippen molar-refractivity contribution in [2.75, 3.05) is 0 Å². The highest BCUT2D eigenvalue weighted by molar-refractivity contribution is 5.97. The molecule has 1 saturated carbocycles. The lowest BCUT2D eigenvalue weighted by atomic mass is 9.93. The predicted molar refractivity (Wildman–Crippen MR) is 48.2 cm³/mol. The molecule has 3 rings (SSSR count). The highest BCUT2D eigenvalue weighted by atomic mass is 16.4. The van der Waals surface area contributed by atoms with Gasteiger partial charge in [-0.2, -0.15) is 0 Å². The van der Waals surface area contributed by atoms with Crippen molar-refractivity contribution in [1.29, 1.82) is 0 Å². The fourth-order valence-corrected chi connectivity index (χ4v) is 2.48. The maximum Gasteiger partial charge on any atom is 0.336 e. The van der Waals surface area contributed by atoms with Crippen molar-refractivity contribution in [3.8, 4) is 0 Å². The van der Waals surface area contributed by atoms with E-state index in [1.165, 1.54) is 11.1 Å². The summed E-state index contributed by atoms with van der Waals surface area (Å²) in [5.41, 5.74) is 4.18. The van der Waals surface area contributed by atoms with Crippen molar-refractivity contribution < 1.29 is 9.90 Å². The Morgan fingerprint density at radius 3 is 3.08 bits per heavy atom. The second kappa shape index (κ2) is 2.13. The van der Waals surface area contributed by atoms with Crippen molar-refractivity contribution in [2.24, 2.45) is 5.92 Å². The van der Waals surface area contributed by atoms with E-state index >= 15 is 0 Å². The Bertz CT molecular complexity index is 396. The van der Waals surface area contributed by atoms with Gasteiger partial charge in [-0.3, -0.25) is 0 Å². The first kappa shape index (κ1) is 7.13. The first-order chi connectivity index (χ1) is 6.29. The Balaban J connectivity index is 2.12. The molecule has 13 heavy (non-hydrogen) atoms. The first-order valence-corrected chi connectivity index (χ1v) is 4.65. The average molecular weight is 174 g/mol. The van der Waals surface area contributed by atoms with E-state index in [1.807, 2.05) is 6.08 Å². The van der Waals surface area contributed by atoms with Crippen molar-refractivity contribution in [3.63, 3.8) is 0 Å². The normalized spacial score (nSPS) is 29.1. The van der Waals surface area contributed by atoms with Crippen LogP contribution in [0.3, 0.4) is 0 Å². The number of rotatable bonds is 1. The first-order valence-electron chi connectivity index (χ1n) is 4.65. The molecule has 0 aromatic heterocycles. The molecule has 2 heteroatoms. The summed E-state index contributed by atoms with van der Waals surface area (Å²) in [5, 5.41) is 9.02. The Kier molecular flexibility index (Phi) is 1.17. The minimum absolute atomic E-state index is 0.519. The molecular formula is C11H10O2. The topological polar surface area (TPSA) is 37.3 Å². The van der Waals surface area contributed by atoms with E-state index in [0.717, 1.165) is 24.8 Å². The third-order valence-electron chi connectivity index (χ3n) is 3.12. The summed E-state index contributed by atoms with van der Waals surface area (Å²) < 4.78 is 0. The highest BCUT2D eigenvalue weighted by Crippen LogP contribution is 2.56. The van der Waals surface area contributed by atoms with E-state index in [0.29, 0.717) is 11.5 Å². The quantitative estimate of drug-likeness (QED) is 0.660. The second-order valence-electron chi connectivity index (χ2n) is 3.84. The third-order valence-corrected chi connectivity index (χ3v) is 3.12. The SMILES string of the molecule is O=C(O)C1=C2CC2C2=C1C=CCC2. The number of carboxylic acid groups (broad SMARTS) is 1. The standard InChI is InChI=1S/C11H10O2/c12-11(13)10-7-4-2-1-3-6(7)8-5-9(8)10/h2,4,8H,1,3,5H2,(H,12,13). The van der Waals surface area contributed by atoms with Crippen molar-refractivity contribution in [3.05, 3.63) is 34.4 Å². The molecule has 3 aliphatic carbocycles. The van der Waals surface area contributed by atoms with Gasteiger partial charge in [0.1, 0.15) is 0 Å². The smallest absolute Gasteiger partial charge is 0.336 e. The molecular weight excluding hydrogens is 164 g/mol. The van der Waals surface area contributed by atoms with E-state index in [4.69, 9.17) is 5.11 Å². The lowest BCUT2D eigenvalue weighted by Gasteiger charge is -2.11. The van der Waals surface area contributed by atoms with E-state index in [-0.39, 0.29) is 0 Å². The molecule has 1 fully saturated rings. The van der Waals surface area contributed by atoms with Gasteiger partial charge in [0.2, 0.25) is 0 Å². The van der Waals surface area contributed by atoms with Gasteiger partial charge < -0.3 is 5.11 Å². The fourth-order valence-electron chi connectivity index (χ4n) is 2.48. The summed E-state index contributed by atoms with van der Waals surface area (Å²) >= 11 is 0.